The van der Waals surface area contributed by atoms with Crippen molar-refractivity contribution in [3.63, 3.8) is 0 Å². The Morgan fingerprint density at radius 3 is 2.00 bits per heavy atom. The monoisotopic (exact) mass is 409 g/mol. The van der Waals surface area contributed by atoms with Gasteiger partial charge < -0.3 is 26.2 Å². The fourth-order valence-electron chi connectivity index (χ4n) is 2.40. The molecule has 0 saturated heterocycles. The second-order valence-electron chi connectivity index (χ2n) is 6.48. The zero-order chi connectivity index (χ0) is 21.6. The molecule has 0 aliphatic heterocycles. The number of rotatable bonds is 15. The normalized spacial score (nSPS) is 10.4. The number of anilines is 2. The summed E-state index contributed by atoms with van der Waals surface area (Å²) in [6, 6.07) is 0. The van der Waals surface area contributed by atoms with E-state index in [-0.39, 0.29) is 54.8 Å². The van der Waals surface area contributed by atoms with Crippen LogP contribution >= 0.6 is 0 Å². The summed E-state index contributed by atoms with van der Waals surface area (Å²) in [5.41, 5.74) is 0.159. The molecule has 1 heterocycles. The van der Waals surface area contributed by atoms with E-state index >= 15 is 0 Å². The topological polar surface area (TPSA) is 154 Å². The molecule has 5 N–H and O–H groups in total. The number of ketones is 1. The number of carbonyl (C=O) groups excluding carboxylic acids is 2. The van der Waals surface area contributed by atoms with E-state index in [0.717, 1.165) is 12.8 Å². The molecular weight excluding hydrogens is 378 g/mol. The second-order valence-corrected chi connectivity index (χ2v) is 6.48. The molecule has 10 heteroatoms. The van der Waals surface area contributed by atoms with Gasteiger partial charge in [0.1, 0.15) is 0 Å². The average molecular weight is 409 g/mol. The lowest BCUT2D eigenvalue weighted by molar-refractivity contribution is -0.136. The van der Waals surface area contributed by atoms with Crippen molar-refractivity contribution < 1.29 is 24.6 Å². The standard InChI is InChI=1S/C19H31N5O5/c1-3-9-20-17-15(13(26)7-5-6-12-25)23-18(21-10-4-2)16(24-17)19(29)22-11-8-14(27)28/h25H,3-12H2,1-2H3,(H,20,24)(H,21,23)(H,22,29)(H,27,28). The maximum absolute atomic E-state index is 12.6. The molecule has 0 aromatic carbocycles. The van der Waals surface area contributed by atoms with Gasteiger partial charge in [-0.2, -0.15) is 0 Å². The minimum atomic E-state index is -1.02. The molecule has 1 aromatic rings. The molecule has 0 spiro atoms. The van der Waals surface area contributed by atoms with Crippen molar-refractivity contribution in [1.82, 2.24) is 15.3 Å². The van der Waals surface area contributed by atoms with Gasteiger partial charge in [-0.15, -0.1) is 0 Å². The zero-order valence-electron chi connectivity index (χ0n) is 17.1. The molecule has 0 bridgehead atoms. The predicted octanol–water partition coefficient (Wildman–Crippen LogP) is 1.67. The third kappa shape index (κ3) is 8.43. The first-order chi connectivity index (χ1) is 13.9. The van der Waals surface area contributed by atoms with E-state index in [1.54, 1.807) is 0 Å². The molecule has 29 heavy (non-hydrogen) atoms. The van der Waals surface area contributed by atoms with Gasteiger partial charge in [-0.05, 0) is 25.7 Å². The summed E-state index contributed by atoms with van der Waals surface area (Å²) in [7, 11) is 0. The number of hydrogen-bond donors (Lipinski definition) is 5. The number of Topliss-reactive ketones (excluding diaryl/α,β-unsaturated/α-hetero) is 1. The van der Waals surface area contributed by atoms with Gasteiger partial charge in [0.25, 0.3) is 5.91 Å². The second kappa shape index (κ2) is 13.4. The number of aromatic nitrogens is 2. The Morgan fingerprint density at radius 2 is 1.45 bits per heavy atom. The Bertz CT molecular complexity index is 696. The van der Waals surface area contributed by atoms with Crippen LogP contribution in [0, 0.1) is 0 Å². The van der Waals surface area contributed by atoms with Gasteiger partial charge in [0, 0.05) is 32.7 Å². The Balaban J connectivity index is 3.21. The highest BCUT2D eigenvalue weighted by atomic mass is 16.4. The minimum Gasteiger partial charge on any atom is -0.481 e. The van der Waals surface area contributed by atoms with Gasteiger partial charge in [-0.1, -0.05) is 13.8 Å². The van der Waals surface area contributed by atoms with E-state index in [9.17, 15) is 14.4 Å². The number of aliphatic hydroxyl groups is 1. The van der Waals surface area contributed by atoms with Crippen LogP contribution in [0.4, 0.5) is 11.6 Å². The maximum Gasteiger partial charge on any atom is 0.305 e. The highest BCUT2D eigenvalue weighted by molar-refractivity contribution is 6.02. The van der Waals surface area contributed by atoms with E-state index < -0.39 is 11.9 Å². The molecule has 0 unspecified atom stereocenters. The summed E-state index contributed by atoms with van der Waals surface area (Å²) >= 11 is 0. The van der Waals surface area contributed by atoms with Crippen LogP contribution in [0.25, 0.3) is 0 Å². The van der Waals surface area contributed by atoms with Crippen LogP contribution in [0.2, 0.25) is 0 Å². The van der Waals surface area contributed by atoms with Crippen LogP contribution in [0.3, 0.4) is 0 Å². The first kappa shape index (κ1) is 24.3. The van der Waals surface area contributed by atoms with Gasteiger partial charge in [0.15, 0.2) is 28.8 Å². The average Bonchev–Trinajstić information content (AvgIpc) is 2.70. The number of amides is 1. The lowest BCUT2D eigenvalue weighted by Crippen LogP contribution is -2.29. The molecule has 0 radical (unpaired) electrons. The smallest absolute Gasteiger partial charge is 0.305 e. The third-order valence-electron chi connectivity index (χ3n) is 3.90. The minimum absolute atomic E-state index is 0.00866. The van der Waals surface area contributed by atoms with Gasteiger partial charge in [-0.25, -0.2) is 9.97 Å². The summed E-state index contributed by atoms with van der Waals surface area (Å²) in [6.45, 7) is 4.96. The van der Waals surface area contributed by atoms with Crippen molar-refractivity contribution in [1.29, 1.82) is 0 Å². The molecule has 0 saturated carbocycles. The molecule has 1 rings (SSSR count). The lowest BCUT2D eigenvalue weighted by atomic mass is 10.1. The van der Waals surface area contributed by atoms with Gasteiger partial charge in [0.05, 0.1) is 6.42 Å². The number of aliphatic hydroxyl groups excluding tert-OH is 1. The van der Waals surface area contributed by atoms with E-state index in [1.165, 1.54) is 0 Å². The summed E-state index contributed by atoms with van der Waals surface area (Å²) in [5, 5.41) is 26.2. The molecule has 162 valence electrons. The molecule has 1 amide bonds. The summed E-state index contributed by atoms with van der Waals surface area (Å²) in [4.78, 5) is 44.6. The number of unbranched alkanes of at least 4 members (excludes halogenated alkanes) is 1. The van der Waals surface area contributed by atoms with Crippen LogP contribution in [-0.4, -0.2) is 64.1 Å². The molecule has 0 fully saturated rings. The number of carboxylic acids is 1. The van der Waals surface area contributed by atoms with E-state index in [4.69, 9.17) is 10.2 Å². The van der Waals surface area contributed by atoms with Crippen molar-refractivity contribution in [2.75, 3.05) is 36.9 Å². The van der Waals surface area contributed by atoms with Crippen molar-refractivity contribution in [3.05, 3.63) is 11.4 Å². The molecule has 10 nitrogen and oxygen atoms in total. The number of hydrogen-bond acceptors (Lipinski definition) is 8. The summed E-state index contributed by atoms with van der Waals surface area (Å²) in [6.07, 6.45) is 2.61. The zero-order valence-corrected chi connectivity index (χ0v) is 17.1. The summed E-state index contributed by atoms with van der Waals surface area (Å²) in [5.74, 6) is -1.38. The van der Waals surface area contributed by atoms with E-state index in [0.29, 0.717) is 25.9 Å². The third-order valence-corrected chi connectivity index (χ3v) is 3.90. The lowest BCUT2D eigenvalue weighted by Gasteiger charge is -2.15. The fraction of sp³-hybridized carbons (Fsp3) is 0.632. The van der Waals surface area contributed by atoms with Gasteiger partial charge in [0.2, 0.25) is 0 Å². The molecule has 1 aromatic heterocycles. The summed E-state index contributed by atoms with van der Waals surface area (Å²) < 4.78 is 0. The first-order valence-electron chi connectivity index (χ1n) is 9.98. The van der Waals surface area contributed by atoms with Crippen molar-refractivity contribution in [2.24, 2.45) is 0 Å². The van der Waals surface area contributed by atoms with Crippen molar-refractivity contribution in [3.8, 4) is 0 Å². The Kier molecular flexibility index (Phi) is 11.2. The van der Waals surface area contributed by atoms with Crippen molar-refractivity contribution in [2.45, 2.75) is 52.4 Å². The number of nitrogens with one attached hydrogen (secondary N) is 3. The predicted molar refractivity (Wildman–Crippen MR) is 109 cm³/mol. The first-order valence-corrected chi connectivity index (χ1v) is 9.98. The van der Waals surface area contributed by atoms with Gasteiger partial charge in [-0.3, -0.25) is 14.4 Å². The van der Waals surface area contributed by atoms with Crippen LogP contribution in [0.15, 0.2) is 0 Å². The molecule has 0 aliphatic carbocycles. The molecular formula is C19H31N5O5. The molecule has 0 atom stereocenters. The van der Waals surface area contributed by atoms with Gasteiger partial charge >= 0.3 is 5.97 Å². The van der Waals surface area contributed by atoms with Crippen LogP contribution in [0.5, 0.6) is 0 Å². The Hall–Kier alpha value is -2.75. The van der Waals surface area contributed by atoms with Crippen LogP contribution in [0.1, 0.15) is 73.3 Å². The highest BCUT2D eigenvalue weighted by Gasteiger charge is 2.22. The maximum atomic E-state index is 12.6. The largest absolute Gasteiger partial charge is 0.481 e. The SMILES string of the molecule is CCCNc1nc(C(=O)NCCC(=O)O)c(NCCC)nc1C(=O)CCCCO. The quantitative estimate of drug-likeness (QED) is 0.215. The van der Waals surface area contributed by atoms with E-state index in [2.05, 4.69) is 25.9 Å². The Morgan fingerprint density at radius 1 is 0.862 bits per heavy atom. The van der Waals surface area contributed by atoms with Crippen LogP contribution < -0.4 is 16.0 Å². The van der Waals surface area contributed by atoms with Crippen molar-refractivity contribution >= 4 is 29.3 Å². The highest BCUT2D eigenvalue weighted by Crippen LogP contribution is 2.21. The number of nitrogens with zero attached hydrogens (tertiary/aromatic N) is 2. The van der Waals surface area contributed by atoms with Crippen LogP contribution in [-0.2, 0) is 4.79 Å². The number of aliphatic carboxylic acids is 1. The Labute approximate surface area is 170 Å². The van der Waals surface area contributed by atoms with E-state index in [1.807, 2.05) is 13.8 Å². The number of carboxylic acid groups (broad SMARTS) is 1. The fourth-order valence-corrected chi connectivity index (χ4v) is 2.40. The molecule has 0 aliphatic rings. The number of carbonyl (C=O) groups is 3.